The lowest BCUT2D eigenvalue weighted by Crippen LogP contribution is -2.27. The molecular formula is C12H27NO. The zero-order chi connectivity index (χ0) is 11.2. The van der Waals surface area contributed by atoms with Crippen LogP contribution in [0, 0.1) is 5.41 Å². The summed E-state index contributed by atoms with van der Waals surface area (Å²) in [5.74, 6) is 0. The van der Waals surface area contributed by atoms with Gasteiger partial charge in [0.2, 0.25) is 0 Å². The van der Waals surface area contributed by atoms with Crippen LogP contribution in [0.4, 0.5) is 0 Å². The molecule has 0 aromatic carbocycles. The summed E-state index contributed by atoms with van der Waals surface area (Å²) >= 11 is 0. The van der Waals surface area contributed by atoms with Gasteiger partial charge in [-0.2, -0.15) is 0 Å². The van der Waals surface area contributed by atoms with Crippen LogP contribution in [0.5, 0.6) is 0 Å². The molecule has 14 heavy (non-hydrogen) atoms. The van der Waals surface area contributed by atoms with Gasteiger partial charge in [0.15, 0.2) is 0 Å². The largest absolute Gasteiger partial charge is 0.378 e. The van der Waals surface area contributed by atoms with Crippen molar-refractivity contribution in [2.45, 2.75) is 59.6 Å². The Balaban J connectivity index is 3.49. The summed E-state index contributed by atoms with van der Waals surface area (Å²) in [6.07, 6.45) is 2.58. The summed E-state index contributed by atoms with van der Waals surface area (Å²) in [6, 6.07) is 0.541. The highest BCUT2D eigenvalue weighted by Gasteiger charge is 2.12. The first-order valence-corrected chi connectivity index (χ1v) is 5.64. The van der Waals surface area contributed by atoms with Crippen molar-refractivity contribution in [3.8, 4) is 0 Å². The first-order chi connectivity index (χ1) is 6.35. The van der Waals surface area contributed by atoms with E-state index in [0.717, 1.165) is 19.4 Å². The van der Waals surface area contributed by atoms with Crippen LogP contribution < -0.4 is 5.32 Å². The molecule has 0 aromatic heterocycles. The Bertz CT molecular complexity index is 140. The van der Waals surface area contributed by atoms with Gasteiger partial charge in [-0.15, -0.1) is 0 Å². The fraction of sp³-hybridized carbons (Fsp3) is 1.00. The molecule has 0 radical (unpaired) electrons. The van der Waals surface area contributed by atoms with E-state index in [1.807, 2.05) is 7.05 Å². The van der Waals surface area contributed by atoms with Crippen molar-refractivity contribution >= 4 is 0 Å². The highest BCUT2D eigenvalue weighted by molar-refractivity contribution is 4.64. The van der Waals surface area contributed by atoms with E-state index in [9.17, 15) is 0 Å². The van der Waals surface area contributed by atoms with E-state index in [0.29, 0.717) is 17.6 Å². The number of hydrogen-bond donors (Lipinski definition) is 1. The second kappa shape index (κ2) is 6.41. The molecule has 0 aromatic rings. The van der Waals surface area contributed by atoms with E-state index in [2.05, 4.69) is 39.9 Å². The lowest BCUT2D eigenvalue weighted by atomic mass is 9.93. The van der Waals surface area contributed by atoms with Gasteiger partial charge < -0.3 is 10.1 Å². The minimum absolute atomic E-state index is 0.361. The van der Waals surface area contributed by atoms with Gasteiger partial charge in [0.1, 0.15) is 0 Å². The van der Waals surface area contributed by atoms with Gasteiger partial charge in [-0.05, 0) is 39.2 Å². The third-order valence-corrected chi connectivity index (χ3v) is 2.43. The molecule has 86 valence electrons. The Kier molecular flexibility index (Phi) is 6.38. The summed E-state index contributed by atoms with van der Waals surface area (Å²) in [7, 11) is 1.99. The van der Waals surface area contributed by atoms with Gasteiger partial charge in [0.05, 0.1) is 6.10 Å². The molecule has 0 rings (SSSR count). The molecule has 2 nitrogen and oxygen atoms in total. The minimum atomic E-state index is 0.361. The normalized spacial score (nSPS) is 16.7. The van der Waals surface area contributed by atoms with Crippen molar-refractivity contribution in [1.29, 1.82) is 0 Å². The SMILES string of the molecule is CNC(C)CC(C)OCCC(C)(C)C. The molecule has 0 aliphatic carbocycles. The van der Waals surface area contributed by atoms with Gasteiger partial charge >= 0.3 is 0 Å². The van der Waals surface area contributed by atoms with Crippen molar-refractivity contribution in [3.05, 3.63) is 0 Å². The van der Waals surface area contributed by atoms with Crippen molar-refractivity contribution in [1.82, 2.24) is 5.32 Å². The maximum absolute atomic E-state index is 5.75. The molecular weight excluding hydrogens is 174 g/mol. The predicted molar refractivity (Wildman–Crippen MR) is 62.6 cm³/mol. The van der Waals surface area contributed by atoms with Crippen LogP contribution >= 0.6 is 0 Å². The Morgan fingerprint density at radius 2 is 1.79 bits per heavy atom. The van der Waals surface area contributed by atoms with Crippen LogP contribution in [-0.4, -0.2) is 25.8 Å². The Morgan fingerprint density at radius 1 is 1.21 bits per heavy atom. The Morgan fingerprint density at radius 3 is 2.21 bits per heavy atom. The summed E-state index contributed by atoms with van der Waals surface area (Å²) in [5, 5.41) is 3.22. The smallest absolute Gasteiger partial charge is 0.0561 e. The van der Waals surface area contributed by atoms with Crippen molar-refractivity contribution in [2.24, 2.45) is 5.41 Å². The third-order valence-electron chi connectivity index (χ3n) is 2.43. The maximum atomic E-state index is 5.75. The van der Waals surface area contributed by atoms with Crippen molar-refractivity contribution in [3.63, 3.8) is 0 Å². The topological polar surface area (TPSA) is 21.3 Å². The molecule has 0 aliphatic rings. The number of hydrogen-bond acceptors (Lipinski definition) is 2. The van der Waals surface area contributed by atoms with Crippen LogP contribution in [0.1, 0.15) is 47.5 Å². The second-order valence-corrected chi connectivity index (χ2v) is 5.42. The van der Waals surface area contributed by atoms with Crippen LogP contribution in [0.2, 0.25) is 0 Å². The summed E-state index contributed by atoms with van der Waals surface area (Å²) < 4.78 is 5.75. The van der Waals surface area contributed by atoms with Gasteiger partial charge in [-0.1, -0.05) is 20.8 Å². The molecule has 0 bridgehead atoms. The summed E-state index contributed by atoms with van der Waals surface area (Å²) in [6.45, 7) is 12.0. The monoisotopic (exact) mass is 201 g/mol. The van der Waals surface area contributed by atoms with Crippen molar-refractivity contribution < 1.29 is 4.74 Å². The van der Waals surface area contributed by atoms with Crippen LogP contribution in [0.25, 0.3) is 0 Å². The quantitative estimate of drug-likeness (QED) is 0.713. The fourth-order valence-corrected chi connectivity index (χ4v) is 1.25. The van der Waals surface area contributed by atoms with Crippen molar-refractivity contribution in [2.75, 3.05) is 13.7 Å². The number of nitrogens with one attached hydrogen (secondary N) is 1. The summed E-state index contributed by atoms with van der Waals surface area (Å²) in [5.41, 5.74) is 0.383. The third kappa shape index (κ3) is 8.52. The van der Waals surface area contributed by atoms with Crippen LogP contribution in [0.3, 0.4) is 0 Å². The Hall–Kier alpha value is -0.0800. The van der Waals surface area contributed by atoms with E-state index in [4.69, 9.17) is 4.74 Å². The standard InChI is InChI=1S/C12H27NO/c1-10(13-6)9-11(2)14-8-7-12(3,4)5/h10-11,13H,7-9H2,1-6H3. The molecule has 0 fully saturated rings. The maximum Gasteiger partial charge on any atom is 0.0561 e. The Labute approximate surface area is 89.4 Å². The van der Waals surface area contributed by atoms with Gasteiger partial charge in [0, 0.05) is 12.6 Å². The molecule has 0 spiro atoms. The average molecular weight is 201 g/mol. The van der Waals surface area contributed by atoms with Gasteiger partial charge in [-0.25, -0.2) is 0 Å². The molecule has 0 saturated heterocycles. The minimum Gasteiger partial charge on any atom is -0.378 e. The summed E-state index contributed by atoms with van der Waals surface area (Å²) in [4.78, 5) is 0. The fourth-order valence-electron chi connectivity index (χ4n) is 1.25. The molecule has 0 heterocycles. The first kappa shape index (κ1) is 13.9. The van der Waals surface area contributed by atoms with Crippen LogP contribution in [0.15, 0.2) is 0 Å². The molecule has 0 aliphatic heterocycles. The van der Waals surface area contributed by atoms with E-state index in [1.165, 1.54) is 0 Å². The molecule has 0 amide bonds. The van der Waals surface area contributed by atoms with E-state index < -0.39 is 0 Å². The predicted octanol–water partition coefficient (Wildman–Crippen LogP) is 2.83. The lowest BCUT2D eigenvalue weighted by molar-refractivity contribution is 0.0395. The number of rotatable bonds is 6. The highest BCUT2D eigenvalue weighted by atomic mass is 16.5. The van der Waals surface area contributed by atoms with Gasteiger partial charge in [-0.3, -0.25) is 0 Å². The molecule has 2 heteroatoms. The zero-order valence-electron chi connectivity index (χ0n) is 10.7. The molecule has 0 saturated carbocycles. The van der Waals surface area contributed by atoms with E-state index >= 15 is 0 Å². The molecule has 1 N–H and O–H groups in total. The average Bonchev–Trinajstić information content (AvgIpc) is 2.01. The van der Waals surface area contributed by atoms with E-state index in [-0.39, 0.29) is 0 Å². The number of ether oxygens (including phenoxy) is 1. The van der Waals surface area contributed by atoms with Gasteiger partial charge in [0.25, 0.3) is 0 Å². The lowest BCUT2D eigenvalue weighted by Gasteiger charge is -2.21. The zero-order valence-corrected chi connectivity index (χ0v) is 10.7. The van der Waals surface area contributed by atoms with Crippen LogP contribution in [-0.2, 0) is 4.74 Å². The van der Waals surface area contributed by atoms with E-state index in [1.54, 1.807) is 0 Å². The highest BCUT2D eigenvalue weighted by Crippen LogP contribution is 2.18. The molecule has 2 unspecified atom stereocenters. The second-order valence-electron chi connectivity index (χ2n) is 5.42. The molecule has 2 atom stereocenters. The first-order valence-electron chi connectivity index (χ1n) is 5.64.